The van der Waals surface area contributed by atoms with Crippen LogP contribution in [0.4, 0.5) is 8.78 Å². The SMILES string of the molecule is CC(=O)CC1CCCCCN1C(=O)c1cc(F)ccc1F. The lowest BCUT2D eigenvalue weighted by Crippen LogP contribution is -2.41. The van der Waals surface area contributed by atoms with Gasteiger partial charge in [0.2, 0.25) is 0 Å². The van der Waals surface area contributed by atoms with Crippen LogP contribution in [0.15, 0.2) is 18.2 Å². The van der Waals surface area contributed by atoms with E-state index in [1.54, 1.807) is 0 Å². The Morgan fingerprint density at radius 1 is 1.24 bits per heavy atom. The number of Topliss-reactive ketones (excluding diaryl/α,β-unsaturated/α-hetero) is 1. The molecule has 1 saturated heterocycles. The molecule has 5 heteroatoms. The molecule has 2 rings (SSSR count). The fourth-order valence-corrected chi connectivity index (χ4v) is 2.80. The van der Waals surface area contributed by atoms with Crippen LogP contribution in [0.25, 0.3) is 0 Å². The number of halogens is 2. The molecule has 0 aliphatic carbocycles. The number of ketones is 1. The van der Waals surface area contributed by atoms with Crippen molar-refractivity contribution in [1.29, 1.82) is 0 Å². The fourth-order valence-electron chi connectivity index (χ4n) is 2.80. The Balaban J connectivity index is 2.28. The van der Waals surface area contributed by atoms with Crippen molar-refractivity contribution in [3.8, 4) is 0 Å². The van der Waals surface area contributed by atoms with Gasteiger partial charge >= 0.3 is 0 Å². The summed E-state index contributed by atoms with van der Waals surface area (Å²) in [6, 6.07) is 2.65. The molecular formula is C16H19F2NO2. The summed E-state index contributed by atoms with van der Waals surface area (Å²) in [5.41, 5.74) is -0.259. The Labute approximate surface area is 122 Å². The number of carbonyl (C=O) groups excluding carboxylic acids is 2. The number of rotatable bonds is 3. The highest BCUT2D eigenvalue weighted by molar-refractivity contribution is 5.95. The van der Waals surface area contributed by atoms with Crippen LogP contribution in [0, 0.1) is 11.6 Å². The van der Waals surface area contributed by atoms with Gasteiger partial charge in [0.1, 0.15) is 17.4 Å². The molecule has 1 aromatic rings. The van der Waals surface area contributed by atoms with E-state index in [0.29, 0.717) is 6.54 Å². The van der Waals surface area contributed by atoms with Gasteiger partial charge in [-0.05, 0) is 38.0 Å². The van der Waals surface area contributed by atoms with Crippen LogP contribution < -0.4 is 0 Å². The largest absolute Gasteiger partial charge is 0.335 e. The van der Waals surface area contributed by atoms with Crippen LogP contribution in [-0.2, 0) is 4.79 Å². The first-order valence-electron chi connectivity index (χ1n) is 7.24. The van der Waals surface area contributed by atoms with Gasteiger partial charge in [0, 0.05) is 19.0 Å². The molecule has 1 atom stereocenters. The van der Waals surface area contributed by atoms with Crippen LogP contribution in [0.5, 0.6) is 0 Å². The van der Waals surface area contributed by atoms with E-state index in [9.17, 15) is 18.4 Å². The summed E-state index contributed by atoms with van der Waals surface area (Å²) >= 11 is 0. The quantitative estimate of drug-likeness (QED) is 0.857. The molecule has 1 amide bonds. The first-order chi connectivity index (χ1) is 9.99. The second kappa shape index (κ2) is 6.78. The smallest absolute Gasteiger partial charge is 0.257 e. The molecule has 1 heterocycles. The van der Waals surface area contributed by atoms with Gasteiger partial charge in [-0.1, -0.05) is 12.8 Å². The predicted molar refractivity (Wildman–Crippen MR) is 74.9 cm³/mol. The van der Waals surface area contributed by atoms with Crippen molar-refractivity contribution in [1.82, 2.24) is 4.90 Å². The molecule has 21 heavy (non-hydrogen) atoms. The van der Waals surface area contributed by atoms with Crippen LogP contribution in [-0.4, -0.2) is 29.2 Å². The number of carbonyl (C=O) groups is 2. The van der Waals surface area contributed by atoms with E-state index in [0.717, 1.165) is 43.9 Å². The number of amides is 1. The average Bonchev–Trinajstić information content (AvgIpc) is 2.65. The van der Waals surface area contributed by atoms with E-state index in [4.69, 9.17) is 0 Å². The number of hydrogen-bond acceptors (Lipinski definition) is 2. The molecular weight excluding hydrogens is 276 g/mol. The standard InChI is InChI=1S/C16H19F2NO2/c1-11(20)9-13-5-3-2-4-8-19(13)16(21)14-10-12(17)6-7-15(14)18/h6-7,10,13H,2-5,8-9H2,1H3. The Bertz CT molecular complexity index is 545. The van der Waals surface area contributed by atoms with Crippen molar-refractivity contribution < 1.29 is 18.4 Å². The third-order valence-corrected chi connectivity index (χ3v) is 3.82. The monoisotopic (exact) mass is 295 g/mol. The van der Waals surface area contributed by atoms with Gasteiger partial charge in [0.05, 0.1) is 5.56 Å². The zero-order valence-corrected chi connectivity index (χ0v) is 12.1. The van der Waals surface area contributed by atoms with Crippen LogP contribution >= 0.6 is 0 Å². The summed E-state index contributed by atoms with van der Waals surface area (Å²) in [5.74, 6) is -1.90. The Hall–Kier alpha value is -1.78. The maximum absolute atomic E-state index is 13.8. The minimum Gasteiger partial charge on any atom is -0.335 e. The molecule has 0 radical (unpaired) electrons. The summed E-state index contributed by atoms with van der Waals surface area (Å²) in [6.07, 6.45) is 3.72. The molecule has 0 spiro atoms. The van der Waals surface area contributed by atoms with Gasteiger partial charge in [-0.25, -0.2) is 8.78 Å². The topological polar surface area (TPSA) is 37.4 Å². The highest BCUT2D eigenvalue weighted by Gasteiger charge is 2.28. The summed E-state index contributed by atoms with van der Waals surface area (Å²) in [5, 5.41) is 0. The van der Waals surface area contributed by atoms with Gasteiger partial charge in [0.15, 0.2) is 0 Å². The van der Waals surface area contributed by atoms with Gasteiger partial charge in [0.25, 0.3) is 5.91 Å². The molecule has 0 saturated carbocycles. The van der Waals surface area contributed by atoms with Gasteiger partial charge in [-0.2, -0.15) is 0 Å². The number of benzene rings is 1. The molecule has 1 aliphatic rings. The molecule has 1 aliphatic heterocycles. The molecule has 1 aromatic carbocycles. The fraction of sp³-hybridized carbons (Fsp3) is 0.500. The third kappa shape index (κ3) is 3.86. The maximum atomic E-state index is 13.8. The second-order valence-corrected chi connectivity index (χ2v) is 5.53. The summed E-state index contributed by atoms with van der Waals surface area (Å²) < 4.78 is 27.1. The van der Waals surface area contributed by atoms with Crippen LogP contribution in [0.1, 0.15) is 49.4 Å². The number of nitrogens with zero attached hydrogens (tertiary/aromatic N) is 1. The lowest BCUT2D eigenvalue weighted by Gasteiger charge is -2.29. The molecule has 1 fully saturated rings. The summed E-state index contributed by atoms with van der Waals surface area (Å²) in [4.78, 5) is 25.4. The zero-order valence-electron chi connectivity index (χ0n) is 12.1. The van der Waals surface area contributed by atoms with Gasteiger partial charge in [-0.15, -0.1) is 0 Å². The van der Waals surface area contributed by atoms with Crippen LogP contribution in [0.2, 0.25) is 0 Å². The molecule has 0 N–H and O–H groups in total. The van der Waals surface area contributed by atoms with E-state index in [1.807, 2.05) is 0 Å². The summed E-state index contributed by atoms with van der Waals surface area (Å²) in [7, 11) is 0. The van der Waals surface area contributed by atoms with E-state index >= 15 is 0 Å². The Morgan fingerprint density at radius 3 is 2.71 bits per heavy atom. The molecule has 114 valence electrons. The van der Waals surface area contributed by atoms with Crippen LogP contribution in [0.3, 0.4) is 0 Å². The lowest BCUT2D eigenvalue weighted by atomic mass is 10.0. The van der Waals surface area contributed by atoms with Crippen molar-refractivity contribution in [2.24, 2.45) is 0 Å². The third-order valence-electron chi connectivity index (χ3n) is 3.82. The van der Waals surface area contributed by atoms with E-state index in [-0.39, 0.29) is 23.8 Å². The van der Waals surface area contributed by atoms with E-state index in [2.05, 4.69) is 0 Å². The average molecular weight is 295 g/mol. The molecule has 0 aromatic heterocycles. The van der Waals surface area contributed by atoms with Crippen molar-refractivity contribution in [2.45, 2.75) is 45.1 Å². The lowest BCUT2D eigenvalue weighted by molar-refractivity contribution is -0.118. The predicted octanol–water partition coefficient (Wildman–Crippen LogP) is 3.33. The minimum atomic E-state index is -0.729. The first-order valence-corrected chi connectivity index (χ1v) is 7.24. The second-order valence-electron chi connectivity index (χ2n) is 5.53. The van der Waals surface area contributed by atoms with Gasteiger partial charge in [-0.3, -0.25) is 9.59 Å². The van der Waals surface area contributed by atoms with Crippen molar-refractivity contribution in [2.75, 3.05) is 6.54 Å². The van der Waals surface area contributed by atoms with Crippen molar-refractivity contribution in [3.05, 3.63) is 35.4 Å². The van der Waals surface area contributed by atoms with E-state index in [1.165, 1.54) is 11.8 Å². The molecule has 0 bridgehead atoms. The molecule has 1 unspecified atom stereocenters. The zero-order chi connectivity index (χ0) is 15.4. The van der Waals surface area contributed by atoms with E-state index < -0.39 is 17.5 Å². The first kappa shape index (κ1) is 15.6. The Kier molecular flexibility index (Phi) is 5.04. The van der Waals surface area contributed by atoms with Gasteiger partial charge < -0.3 is 4.90 Å². The number of likely N-dealkylation sites (tertiary alicyclic amines) is 1. The normalized spacial score (nSPS) is 19.2. The summed E-state index contributed by atoms with van der Waals surface area (Å²) in [6.45, 7) is 1.96. The maximum Gasteiger partial charge on any atom is 0.257 e. The Morgan fingerprint density at radius 2 is 2.00 bits per heavy atom. The molecule has 3 nitrogen and oxygen atoms in total. The highest BCUT2D eigenvalue weighted by Crippen LogP contribution is 2.23. The number of hydrogen-bond donors (Lipinski definition) is 0. The van der Waals surface area contributed by atoms with Crippen molar-refractivity contribution in [3.63, 3.8) is 0 Å². The minimum absolute atomic E-state index is 0.000542. The highest BCUT2D eigenvalue weighted by atomic mass is 19.1. The van der Waals surface area contributed by atoms with Crippen molar-refractivity contribution >= 4 is 11.7 Å².